The first-order chi connectivity index (χ1) is 9.76. The van der Waals surface area contributed by atoms with Crippen LogP contribution in [0.15, 0.2) is 18.2 Å². The molecular formula is C17H26N2S. The maximum atomic E-state index is 3.78. The monoisotopic (exact) mass is 290 g/mol. The quantitative estimate of drug-likeness (QED) is 0.914. The molecule has 2 aliphatic rings. The number of hydrogen-bond donors (Lipinski definition) is 1. The molecule has 2 unspecified atom stereocenters. The summed E-state index contributed by atoms with van der Waals surface area (Å²) in [6, 6.07) is 7.71. The molecule has 0 amide bonds. The van der Waals surface area contributed by atoms with Crippen LogP contribution in [-0.2, 0) is 13.0 Å². The lowest BCUT2D eigenvalue weighted by Gasteiger charge is -2.29. The minimum Gasteiger partial charge on any atom is -0.374 e. The molecule has 0 spiro atoms. The van der Waals surface area contributed by atoms with Gasteiger partial charge < -0.3 is 10.2 Å². The number of anilines is 1. The molecule has 1 aromatic rings. The first-order valence-corrected chi connectivity index (χ1v) is 9.14. The van der Waals surface area contributed by atoms with E-state index in [0.717, 1.165) is 17.8 Å². The molecule has 1 aliphatic carbocycles. The summed E-state index contributed by atoms with van der Waals surface area (Å²) in [6.07, 6.45) is 8.95. The van der Waals surface area contributed by atoms with Gasteiger partial charge in [-0.25, -0.2) is 0 Å². The molecule has 3 rings (SSSR count). The fourth-order valence-electron chi connectivity index (χ4n) is 3.54. The van der Waals surface area contributed by atoms with Crippen molar-refractivity contribution in [3.05, 3.63) is 29.3 Å². The summed E-state index contributed by atoms with van der Waals surface area (Å²) < 4.78 is 0. The van der Waals surface area contributed by atoms with Gasteiger partial charge in [-0.1, -0.05) is 18.6 Å². The minimum atomic E-state index is 0.720. The van der Waals surface area contributed by atoms with Crippen LogP contribution in [0.2, 0.25) is 0 Å². The highest BCUT2D eigenvalue weighted by Gasteiger charge is 2.21. The zero-order chi connectivity index (χ0) is 13.9. The average Bonchev–Trinajstić information content (AvgIpc) is 2.86. The van der Waals surface area contributed by atoms with Crippen LogP contribution in [0.4, 0.5) is 5.69 Å². The van der Waals surface area contributed by atoms with Crippen LogP contribution in [0, 0.1) is 0 Å². The van der Waals surface area contributed by atoms with Gasteiger partial charge >= 0.3 is 0 Å². The predicted octanol–water partition coefficient (Wildman–Crippen LogP) is 3.44. The third kappa shape index (κ3) is 3.15. The second kappa shape index (κ2) is 6.40. The van der Waals surface area contributed by atoms with Crippen molar-refractivity contribution in [3.63, 3.8) is 0 Å². The Hall–Kier alpha value is -0.670. The van der Waals surface area contributed by atoms with E-state index in [-0.39, 0.29) is 0 Å². The van der Waals surface area contributed by atoms with E-state index in [0.29, 0.717) is 0 Å². The van der Waals surface area contributed by atoms with Gasteiger partial charge in [-0.2, -0.15) is 11.8 Å². The number of rotatable bonds is 4. The second-order valence-corrected chi connectivity index (χ2v) is 7.37. The maximum absolute atomic E-state index is 3.78. The van der Waals surface area contributed by atoms with Gasteiger partial charge in [-0.3, -0.25) is 0 Å². The van der Waals surface area contributed by atoms with Crippen molar-refractivity contribution in [2.45, 2.75) is 49.9 Å². The van der Waals surface area contributed by atoms with Crippen molar-refractivity contribution in [3.8, 4) is 0 Å². The summed E-state index contributed by atoms with van der Waals surface area (Å²) in [7, 11) is 2.19. The Kier molecular flexibility index (Phi) is 4.57. The summed E-state index contributed by atoms with van der Waals surface area (Å²) in [5.74, 6) is 0. The van der Waals surface area contributed by atoms with Gasteiger partial charge in [0.25, 0.3) is 0 Å². The largest absolute Gasteiger partial charge is 0.374 e. The second-order valence-electron chi connectivity index (χ2n) is 6.24. The van der Waals surface area contributed by atoms with E-state index >= 15 is 0 Å². The van der Waals surface area contributed by atoms with Crippen molar-refractivity contribution in [1.29, 1.82) is 0 Å². The SMILES string of the molecule is CSC1CCCC(NCc2ccc3c(c2)CCN3C)C1. The van der Waals surface area contributed by atoms with Crippen LogP contribution in [0.3, 0.4) is 0 Å². The van der Waals surface area contributed by atoms with Crippen molar-refractivity contribution in [1.82, 2.24) is 5.32 Å². The molecule has 3 heteroatoms. The van der Waals surface area contributed by atoms with Gasteiger partial charge in [0.1, 0.15) is 0 Å². The van der Waals surface area contributed by atoms with Crippen LogP contribution >= 0.6 is 11.8 Å². The van der Waals surface area contributed by atoms with Crippen LogP contribution < -0.4 is 10.2 Å². The number of benzene rings is 1. The Labute approximate surface area is 127 Å². The van der Waals surface area contributed by atoms with Gasteiger partial charge in [0, 0.05) is 37.1 Å². The number of likely N-dealkylation sites (N-methyl/N-ethyl adjacent to an activating group) is 1. The van der Waals surface area contributed by atoms with Crippen LogP contribution in [0.5, 0.6) is 0 Å². The van der Waals surface area contributed by atoms with E-state index in [9.17, 15) is 0 Å². The Morgan fingerprint density at radius 1 is 1.35 bits per heavy atom. The van der Waals surface area contributed by atoms with Crippen molar-refractivity contribution >= 4 is 17.4 Å². The van der Waals surface area contributed by atoms with E-state index in [1.807, 2.05) is 11.8 Å². The molecule has 110 valence electrons. The van der Waals surface area contributed by atoms with Crippen LogP contribution in [0.1, 0.15) is 36.8 Å². The van der Waals surface area contributed by atoms with Crippen molar-refractivity contribution in [2.24, 2.45) is 0 Å². The maximum Gasteiger partial charge on any atom is 0.0397 e. The molecule has 1 N–H and O–H groups in total. The summed E-state index contributed by atoms with van der Waals surface area (Å²) in [5, 5.41) is 4.65. The van der Waals surface area contributed by atoms with Crippen LogP contribution in [-0.4, -0.2) is 31.1 Å². The van der Waals surface area contributed by atoms with E-state index in [2.05, 4.69) is 41.7 Å². The minimum absolute atomic E-state index is 0.720. The zero-order valence-corrected chi connectivity index (χ0v) is 13.5. The molecular weight excluding hydrogens is 264 g/mol. The Bertz CT molecular complexity index is 460. The number of nitrogens with one attached hydrogen (secondary N) is 1. The molecule has 0 saturated heterocycles. The average molecular weight is 290 g/mol. The van der Waals surface area contributed by atoms with E-state index in [1.165, 1.54) is 55.5 Å². The van der Waals surface area contributed by atoms with Gasteiger partial charge in [0.15, 0.2) is 0 Å². The first kappa shape index (κ1) is 14.3. The molecule has 1 fully saturated rings. The molecule has 1 aromatic carbocycles. The van der Waals surface area contributed by atoms with Crippen LogP contribution in [0.25, 0.3) is 0 Å². The Morgan fingerprint density at radius 3 is 3.10 bits per heavy atom. The highest BCUT2D eigenvalue weighted by atomic mass is 32.2. The van der Waals surface area contributed by atoms with E-state index < -0.39 is 0 Å². The van der Waals surface area contributed by atoms with Gasteiger partial charge in [-0.05, 0) is 49.1 Å². The normalized spacial score (nSPS) is 25.8. The summed E-state index contributed by atoms with van der Waals surface area (Å²) in [6.45, 7) is 2.20. The summed E-state index contributed by atoms with van der Waals surface area (Å²) in [4.78, 5) is 2.36. The lowest BCUT2D eigenvalue weighted by atomic mass is 9.94. The molecule has 2 nitrogen and oxygen atoms in total. The standard InChI is InChI=1S/C17H26N2S/c1-19-9-8-14-10-13(6-7-17(14)19)12-18-15-4-3-5-16(11-15)20-2/h6-7,10,15-16,18H,3-5,8-9,11-12H2,1-2H3. The third-order valence-corrected chi connectivity index (χ3v) is 5.92. The van der Waals surface area contributed by atoms with Gasteiger partial charge in [0.2, 0.25) is 0 Å². The zero-order valence-electron chi connectivity index (χ0n) is 12.7. The van der Waals surface area contributed by atoms with E-state index in [4.69, 9.17) is 0 Å². The molecule has 1 saturated carbocycles. The van der Waals surface area contributed by atoms with Gasteiger partial charge in [-0.15, -0.1) is 0 Å². The fourth-order valence-corrected chi connectivity index (χ4v) is 4.36. The molecule has 1 aliphatic heterocycles. The first-order valence-electron chi connectivity index (χ1n) is 7.85. The number of thioether (sulfide) groups is 1. The smallest absolute Gasteiger partial charge is 0.0397 e. The predicted molar refractivity (Wildman–Crippen MR) is 89.8 cm³/mol. The molecule has 0 bridgehead atoms. The molecule has 20 heavy (non-hydrogen) atoms. The van der Waals surface area contributed by atoms with Gasteiger partial charge in [0.05, 0.1) is 0 Å². The molecule has 0 aromatic heterocycles. The summed E-state index contributed by atoms with van der Waals surface area (Å²) in [5.41, 5.74) is 4.40. The highest BCUT2D eigenvalue weighted by molar-refractivity contribution is 7.99. The number of nitrogens with zero attached hydrogens (tertiary/aromatic N) is 1. The molecule has 0 radical (unpaired) electrons. The lowest BCUT2D eigenvalue weighted by Crippen LogP contribution is -2.34. The lowest BCUT2D eigenvalue weighted by molar-refractivity contribution is 0.380. The van der Waals surface area contributed by atoms with Crippen molar-refractivity contribution < 1.29 is 0 Å². The number of hydrogen-bond acceptors (Lipinski definition) is 3. The number of fused-ring (bicyclic) bond motifs is 1. The Balaban J connectivity index is 1.56. The molecule has 2 atom stereocenters. The topological polar surface area (TPSA) is 15.3 Å². The third-order valence-electron chi connectivity index (χ3n) is 4.83. The fraction of sp³-hybridized carbons (Fsp3) is 0.647. The highest BCUT2D eigenvalue weighted by Crippen LogP contribution is 2.29. The van der Waals surface area contributed by atoms with E-state index in [1.54, 1.807) is 0 Å². The Morgan fingerprint density at radius 2 is 2.25 bits per heavy atom. The summed E-state index contributed by atoms with van der Waals surface area (Å²) >= 11 is 2.04. The molecule has 1 heterocycles. The van der Waals surface area contributed by atoms with Crippen molar-refractivity contribution in [2.75, 3.05) is 24.7 Å².